The summed E-state index contributed by atoms with van der Waals surface area (Å²) >= 11 is 0. The number of benzene rings is 2. The van der Waals surface area contributed by atoms with Crippen LogP contribution in [-0.4, -0.2) is 16.8 Å². The predicted octanol–water partition coefficient (Wildman–Crippen LogP) is 4.77. The molecule has 5 nitrogen and oxygen atoms in total. The van der Waals surface area contributed by atoms with Gasteiger partial charge >= 0.3 is 0 Å². The average molecular weight is 373 g/mol. The van der Waals surface area contributed by atoms with Crippen LogP contribution in [0.2, 0.25) is 0 Å². The van der Waals surface area contributed by atoms with Crippen molar-refractivity contribution in [1.29, 1.82) is 0 Å². The summed E-state index contributed by atoms with van der Waals surface area (Å²) in [6.07, 6.45) is 3.73. The maximum Gasteiger partial charge on any atom is 0.257 e. The minimum atomic E-state index is -0.298. The van der Waals surface area contributed by atoms with Crippen LogP contribution in [0.15, 0.2) is 60.9 Å². The molecule has 0 aliphatic heterocycles. The maximum atomic E-state index is 12.7. The predicted molar refractivity (Wildman–Crippen MR) is 112 cm³/mol. The van der Waals surface area contributed by atoms with Gasteiger partial charge in [0.2, 0.25) is 0 Å². The van der Waals surface area contributed by atoms with Gasteiger partial charge in [0.25, 0.3) is 11.8 Å². The number of carbonyl (C=O) groups excluding carboxylic acids is 2. The van der Waals surface area contributed by atoms with Crippen molar-refractivity contribution in [3.63, 3.8) is 0 Å². The summed E-state index contributed by atoms with van der Waals surface area (Å²) < 4.78 is 0. The fraction of sp³-hybridized carbons (Fsp3) is 0.174. The van der Waals surface area contributed by atoms with Gasteiger partial charge in [-0.05, 0) is 49.1 Å². The Morgan fingerprint density at radius 2 is 1.46 bits per heavy atom. The van der Waals surface area contributed by atoms with E-state index in [0.29, 0.717) is 11.1 Å². The lowest BCUT2D eigenvalue weighted by atomic mass is 10.1. The molecule has 3 aromatic rings. The van der Waals surface area contributed by atoms with Gasteiger partial charge in [0.1, 0.15) is 0 Å². The number of para-hydroxylation sites is 2. The number of nitrogens with zero attached hydrogens (tertiary/aromatic N) is 1. The van der Waals surface area contributed by atoms with Crippen LogP contribution in [0.4, 0.5) is 11.4 Å². The van der Waals surface area contributed by atoms with E-state index in [2.05, 4.69) is 15.6 Å². The van der Waals surface area contributed by atoms with Gasteiger partial charge in [-0.2, -0.15) is 0 Å². The summed E-state index contributed by atoms with van der Waals surface area (Å²) in [5, 5.41) is 5.82. The lowest BCUT2D eigenvalue weighted by Gasteiger charge is -2.12. The van der Waals surface area contributed by atoms with Crippen LogP contribution >= 0.6 is 0 Å². The second-order valence-corrected chi connectivity index (χ2v) is 6.65. The third-order valence-electron chi connectivity index (χ3n) is 4.63. The number of amides is 2. The molecule has 0 spiro atoms. The summed E-state index contributed by atoms with van der Waals surface area (Å²) in [6.45, 7) is 5.91. The number of aromatic nitrogens is 1. The molecule has 0 saturated carbocycles. The summed E-state index contributed by atoms with van der Waals surface area (Å²) in [5.74, 6) is -0.594. The lowest BCUT2D eigenvalue weighted by molar-refractivity contribution is 0.102. The largest absolute Gasteiger partial charge is 0.322 e. The van der Waals surface area contributed by atoms with Crippen LogP contribution in [0, 0.1) is 13.8 Å². The average Bonchev–Trinajstić information content (AvgIpc) is 2.71. The first-order chi connectivity index (χ1) is 13.5. The lowest BCUT2D eigenvalue weighted by Crippen LogP contribution is -2.17. The number of aryl methyl sites for hydroxylation is 3. The van der Waals surface area contributed by atoms with E-state index in [1.54, 1.807) is 6.07 Å². The molecule has 1 aromatic heterocycles. The Morgan fingerprint density at radius 3 is 2.11 bits per heavy atom. The van der Waals surface area contributed by atoms with Gasteiger partial charge in [-0.3, -0.25) is 14.6 Å². The molecule has 0 aliphatic rings. The molecule has 0 unspecified atom stereocenters. The zero-order chi connectivity index (χ0) is 20.1. The molecule has 5 heteroatoms. The molecule has 0 fully saturated rings. The van der Waals surface area contributed by atoms with Crippen LogP contribution in [0.3, 0.4) is 0 Å². The van der Waals surface area contributed by atoms with Gasteiger partial charge < -0.3 is 10.6 Å². The van der Waals surface area contributed by atoms with Crippen molar-refractivity contribution in [2.24, 2.45) is 0 Å². The molecule has 0 saturated heterocycles. The van der Waals surface area contributed by atoms with Crippen LogP contribution in [0.5, 0.6) is 0 Å². The number of hydrogen-bond acceptors (Lipinski definition) is 3. The van der Waals surface area contributed by atoms with E-state index in [4.69, 9.17) is 0 Å². The Hall–Kier alpha value is -3.47. The van der Waals surface area contributed by atoms with Crippen molar-refractivity contribution in [2.75, 3.05) is 10.6 Å². The fourth-order valence-electron chi connectivity index (χ4n) is 3.03. The molecule has 1 heterocycles. The summed E-state index contributed by atoms with van der Waals surface area (Å²) in [7, 11) is 0. The number of carbonyl (C=O) groups is 2. The van der Waals surface area contributed by atoms with E-state index >= 15 is 0 Å². The first-order valence-corrected chi connectivity index (χ1v) is 9.21. The first-order valence-electron chi connectivity index (χ1n) is 9.21. The van der Waals surface area contributed by atoms with E-state index < -0.39 is 0 Å². The Kier molecular flexibility index (Phi) is 5.84. The van der Waals surface area contributed by atoms with Crippen molar-refractivity contribution in [3.8, 4) is 0 Å². The maximum absolute atomic E-state index is 12.7. The third kappa shape index (κ3) is 4.26. The molecular formula is C23H23N3O2. The molecule has 2 N–H and O–H groups in total. The summed E-state index contributed by atoms with van der Waals surface area (Å²) in [5.41, 5.74) is 5.21. The minimum absolute atomic E-state index is 0.296. The molecule has 2 amide bonds. The quantitative estimate of drug-likeness (QED) is 0.677. The topological polar surface area (TPSA) is 71.1 Å². The number of pyridine rings is 1. The van der Waals surface area contributed by atoms with E-state index in [1.807, 2.05) is 63.2 Å². The van der Waals surface area contributed by atoms with Crippen molar-refractivity contribution >= 4 is 23.2 Å². The molecular weight excluding hydrogens is 350 g/mol. The highest BCUT2D eigenvalue weighted by atomic mass is 16.2. The molecule has 2 aromatic carbocycles. The molecule has 0 radical (unpaired) electrons. The van der Waals surface area contributed by atoms with Crippen LogP contribution < -0.4 is 10.6 Å². The fourth-order valence-corrected chi connectivity index (χ4v) is 3.03. The number of hydrogen-bond donors (Lipinski definition) is 2. The smallest absolute Gasteiger partial charge is 0.257 e. The number of anilines is 2. The first kappa shape index (κ1) is 19.3. The number of rotatable bonds is 5. The third-order valence-corrected chi connectivity index (χ3v) is 4.63. The van der Waals surface area contributed by atoms with Crippen molar-refractivity contribution < 1.29 is 9.59 Å². The van der Waals surface area contributed by atoms with Crippen LogP contribution in [0.25, 0.3) is 0 Å². The Labute approximate surface area is 164 Å². The Morgan fingerprint density at radius 1 is 0.857 bits per heavy atom. The summed E-state index contributed by atoms with van der Waals surface area (Å²) in [4.78, 5) is 29.4. The highest BCUT2D eigenvalue weighted by Gasteiger charge is 2.14. The molecule has 0 aliphatic carbocycles. The van der Waals surface area contributed by atoms with E-state index in [9.17, 15) is 9.59 Å². The molecule has 0 atom stereocenters. The molecule has 3 rings (SSSR count). The SMILES string of the molecule is CCc1ccccc1NC(=O)c1cncc(C(=O)Nc2c(C)cccc2C)c1. The molecule has 28 heavy (non-hydrogen) atoms. The Balaban J connectivity index is 1.80. The van der Waals surface area contributed by atoms with Gasteiger partial charge in [-0.1, -0.05) is 43.3 Å². The van der Waals surface area contributed by atoms with Crippen LogP contribution in [-0.2, 0) is 6.42 Å². The van der Waals surface area contributed by atoms with Gasteiger partial charge in [-0.25, -0.2) is 0 Å². The highest BCUT2D eigenvalue weighted by Crippen LogP contribution is 2.21. The highest BCUT2D eigenvalue weighted by molar-refractivity contribution is 6.08. The van der Waals surface area contributed by atoms with E-state index in [1.165, 1.54) is 12.4 Å². The Bertz CT molecular complexity index is 1010. The molecule has 0 bridgehead atoms. The van der Waals surface area contributed by atoms with Crippen LogP contribution in [0.1, 0.15) is 44.3 Å². The monoisotopic (exact) mass is 373 g/mol. The molecule has 142 valence electrons. The standard InChI is InChI=1S/C23H23N3O2/c1-4-17-10-5-6-11-20(17)25-22(27)18-12-19(14-24-13-18)23(28)26-21-15(2)8-7-9-16(21)3/h5-14H,4H2,1-3H3,(H,25,27)(H,26,28). The van der Waals surface area contributed by atoms with Gasteiger partial charge in [0, 0.05) is 23.8 Å². The van der Waals surface area contributed by atoms with Gasteiger partial charge in [-0.15, -0.1) is 0 Å². The number of nitrogens with one attached hydrogen (secondary N) is 2. The zero-order valence-corrected chi connectivity index (χ0v) is 16.2. The summed E-state index contributed by atoms with van der Waals surface area (Å²) in [6, 6.07) is 15.0. The zero-order valence-electron chi connectivity index (χ0n) is 16.2. The van der Waals surface area contributed by atoms with E-state index in [0.717, 1.165) is 34.5 Å². The van der Waals surface area contributed by atoms with E-state index in [-0.39, 0.29) is 11.8 Å². The van der Waals surface area contributed by atoms with Crippen molar-refractivity contribution in [1.82, 2.24) is 4.98 Å². The van der Waals surface area contributed by atoms with Crippen molar-refractivity contribution in [3.05, 3.63) is 88.7 Å². The van der Waals surface area contributed by atoms with Gasteiger partial charge in [0.15, 0.2) is 0 Å². The van der Waals surface area contributed by atoms with Gasteiger partial charge in [0.05, 0.1) is 11.1 Å². The second-order valence-electron chi connectivity index (χ2n) is 6.65. The minimum Gasteiger partial charge on any atom is -0.322 e. The normalized spacial score (nSPS) is 10.4. The second kappa shape index (κ2) is 8.48. The van der Waals surface area contributed by atoms with Crippen molar-refractivity contribution in [2.45, 2.75) is 27.2 Å².